The molecule has 164 valence electrons. The first-order valence-corrected chi connectivity index (χ1v) is 11.5. The van der Waals surface area contributed by atoms with Crippen LogP contribution in [-0.4, -0.2) is 53.4 Å². The number of ether oxygens (including phenoxy) is 2. The Hall–Kier alpha value is -2.75. The van der Waals surface area contributed by atoms with Gasteiger partial charge in [0.25, 0.3) is 0 Å². The lowest BCUT2D eigenvalue weighted by Crippen LogP contribution is -2.48. The quantitative estimate of drug-likeness (QED) is 0.564. The maximum absolute atomic E-state index is 12.9. The SMILES string of the molecule is Cc1ccc2nc(COC(=O)c3ccc(S(=O)(=O)N4C[C@@H](C)O[C@H](C)C4)cc3)cn2c1. The Labute approximate surface area is 181 Å². The van der Waals surface area contributed by atoms with Crippen molar-refractivity contribution in [1.82, 2.24) is 13.7 Å². The van der Waals surface area contributed by atoms with E-state index >= 15 is 0 Å². The van der Waals surface area contributed by atoms with Crippen LogP contribution in [0, 0.1) is 6.92 Å². The monoisotopic (exact) mass is 443 g/mol. The standard InChI is InChI=1S/C22H25N3O5S/c1-15-4-9-21-23-19(13-24(21)10-15)14-29-22(26)18-5-7-20(8-6-18)31(27,28)25-11-16(2)30-17(3)12-25/h4-10,13,16-17H,11-12,14H2,1-3H3/t16-,17-/m1/s1. The number of imidazole rings is 1. The van der Waals surface area contributed by atoms with Gasteiger partial charge in [-0.3, -0.25) is 0 Å². The van der Waals surface area contributed by atoms with E-state index in [-0.39, 0.29) is 29.3 Å². The molecule has 0 amide bonds. The second-order valence-corrected chi connectivity index (χ2v) is 9.82. The third-order valence-corrected chi connectivity index (χ3v) is 6.96. The summed E-state index contributed by atoms with van der Waals surface area (Å²) in [5, 5.41) is 0. The Balaban J connectivity index is 1.42. The summed E-state index contributed by atoms with van der Waals surface area (Å²) in [6.45, 7) is 6.32. The number of carbonyl (C=O) groups excluding carboxylic acids is 1. The van der Waals surface area contributed by atoms with E-state index < -0.39 is 16.0 Å². The van der Waals surface area contributed by atoms with Gasteiger partial charge in [-0.1, -0.05) is 6.07 Å². The molecular formula is C22H25N3O5S. The summed E-state index contributed by atoms with van der Waals surface area (Å²) < 4.78 is 40.1. The molecule has 0 unspecified atom stereocenters. The van der Waals surface area contributed by atoms with E-state index in [9.17, 15) is 13.2 Å². The van der Waals surface area contributed by atoms with Crippen molar-refractivity contribution in [1.29, 1.82) is 0 Å². The van der Waals surface area contributed by atoms with Crippen molar-refractivity contribution in [3.8, 4) is 0 Å². The van der Waals surface area contributed by atoms with E-state index in [0.29, 0.717) is 18.8 Å². The van der Waals surface area contributed by atoms with Gasteiger partial charge in [0, 0.05) is 25.5 Å². The lowest BCUT2D eigenvalue weighted by Gasteiger charge is -2.34. The number of sulfonamides is 1. The van der Waals surface area contributed by atoms with E-state index in [4.69, 9.17) is 9.47 Å². The first-order chi connectivity index (χ1) is 14.7. The molecule has 1 saturated heterocycles. The van der Waals surface area contributed by atoms with E-state index in [2.05, 4.69) is 4.98 Å². The number of rotatable bonds is 5. The number of hydrogen-bond donors (Lipinski definition) is 0. The average molecular weight is 444 g/mol. The highest BCUT2D eigenvalue weighted by Gasteiger charge is 2.32. The third-order valence-electron chi connectivity index (χ3n) is 5.11. The van der Waals surface area contributed by atoms with E-state index in [1.54, 1.807) is 0 Å². The summed E-state index contributed by atoms with van der Waals surface area (Å²) in [5.74, 6) is -0.536. The van der Waals surface area contributed by atoms with Crippen LogP contribution in [-0.2, 0) is 26.1 Å². The van der Waals surface area contributed by atoms with Gasteiger partial charge in [0.2, 0.25) is 10.0 Å². The fraction of sp³-hybridized carbons (Fsp3) is 0.364. The number of esters is 1. The van der Waals surface area contributed by atoms with Crippen LogP contribution < -0.4 is 0 Å². The lowest BCUT2D eigenvalue weighted by molar-refractivity contribution is -0.0440. The summed E-state index contributed by atoms with van der Waals surface area (Å²) in [7, 11) is -3.66. The summed E-state index contributed by atoms with van der Waals surface area (Å²) in [6, 6.07) is 9.67. The maximum Gasteiger partial charge on any atom is 0.338 e. The van der Waals surface area contributed by atoms with Crippen LogP contribution in [0.1, 0.15) is 35.5 Å². The van der Waals surface area contributed by atoms with Crippen molar-refractivity contribution in [2.75, 3.05) is 13.1 Å². The van der Waals surface area contributed by atoms with Gasteiger partial charge in [0.05, 0.1) is 28.4 Å². The van der Waals surface area contributed by atoms with Gasteiger partial charge in [-0.2, -0.15) is 4.31 Å². The Morgan fingerprint density at radius 3 is 2.45 bits per heavy atom. The molecular weight excluding hydrogens is 418 g/mol. The van der Waals surface area contributed by atoms with Gasteiger partial charge in [0.1, 0.15) is 12.3 Å². The molecule has 0 aliphatic carbocycles. The van der Waals surface area contributed by atoms with E-state index in [1.807, 2.05) is 49.7 Å². The molecule has 4 rings (SSSR count). The van der Waals surface area contributed by atoms with Crippen LogP contribution in [0.15, 0.2) is 53.7 Å². The Bertz CT molecular complexity index is 1190. The van der Waals surface area contributed by atoms with Gasteiger partial charge in [-0.05, 0) is 56.7 Å². The smallest absolute Gasteiger partial charge is 0.338 e. The zero-order chi connectivity index (χ0) is 22.2. The normalized spacial score (nSPS) is 20.1. The van der Waals surface area contributed by atoms with Gasteiger partial charge >= 0.3 is 5.97 Å². The number of carbonyl (C=O) groups is 1. The number of pyridine rings is 1. The minimum atomic E-state index is -3.66. The van der Waals surface area contributed by atoms with Crippen LogP contribution in [0.4, 0.5) is 0 Å². The van der Waals surface area contributed by atoms with Crippen molar-refractivity contribution in [3.05, 3.63) is 65.6 Å². The number of benzene rings is 1. The molecule has 2 atom stereocenters. The molecule has 2 aromatic heterocycles. The minimum absolute atomic E-state index is 0.0309. The van der Waals surface area contributed by atoms with Crippen molar-refractivity contribution >= 4 is 21.6 Å². The number of hydrogen-bond acceptors (Lipinski definition) is 6. The van der Waals surface area contributed by atoms with Gasteiger partial charge in [-0.15, -0.1) is 0 Å². The van der Waals surface area contributed by atoms with Crippen molar-refractivity contribution in [3.63, 3.8) is 0 Å². The van der Waals surface area contributed by atoms with Crippen LogP contribution in [0.3, 0.4) is 0 Å². The van der Waals surface area contributed by atoms with Crippen molar-refractivity contribution in [2.24, 2.45) is 0 Å². The number of fused-ring (bicyclic) bond motifs is 1. The minimum Gasteiger partial charge on any atom is -0.456 e. The molecule has 3 aromatic rings. The fourth-order valence-corrected chi connectivity index (χ4v) is 5.28. The summed E-state index contributed by atoms with van der Waals surface area (Å²) >= 11 is 0. The van der Waals surface area contributed by atoms with Crippen LogP contribution in [0.25, 0.3) is 5.65 Å². The first kappa shape index (κ1) is 21.5. The molecule has 0 N–H and O–H groups in total. The molecule has 0 bridgehead atoms. The predicted octanol–water partition coefficient (Wildman–Crippen LogP) is 2.80. The highest BCUT2D eigenvalue weighted by atomic mass is 32.2. The fourth-order valence-electron chi connectivity index (χ4n) is 3.69. The number of morpholine rings is 1. The molecule has 1 aliphatic rings. The molecule has 0 saturated carbocycles. The zero-order valence-corrected chi connectivity index (χ0v) is 18.5. The number of aryl methyl sites for hydroxylation is 1. The first-order valence-electron chi connectivity index (χ1n) is 10.1. The highest BCUT2D eigenvalue weighted by Crippen LogP contribution is 2.22. The van der Waals surface area contributed by atoms with Crippen LogP contribution in [0.2, 0.25) is 0 Å². The molecule has 1 aliphatic heterocycles. The summed E-state index contributed by atoms with van der Waals surface area (Å²) in [4.78, 5) is 17.0. The molecule has 0 radical (unpaired) electrons. The van der Waals surface area contributed by atoms with E-state index in [1.165, 1.54) is 28.6 Å². The topological polar surface area (TPSA) is 90.2 Å². The summed E-state index contributed by atoms with van der Waals surface area (Å²) in [6.07, 6.45) is 3.42. The highest BCUT2D eigenvalue weighted by molar-refractivity contribution is 7.89. The Morgan fingerprint density at radius 1 is 1.10 bits per heavy atom. The molecule has 9 heteroatoms. The molecule has 0 spiro atoms. The number of nitrogens with zero attached hydrogens (tertiary/aromatic N) is 3. The Morgan fingerprint density at radius 2 is 1.77 bits per heavy atom. The third kappa shape index (κ3) is 4.63. The molecule has 1 aromatic carbocycles. The van der Waals surface area contributed by atoms with E-state index in [0.717, 1.165) is 11.2 Å². The second kappa shape index (κ2) is 8.41. The van der Waals surface area contributed by atoms with Crippen molar-refractivity contribution < 1.29 is 22.7 Å². The average Bonchev–Trinajstić information content (AvgIpc) is 3.13. The molecule has 1 fully saturated rings. The Kier molecular flexibility index (Phi) is 5.83. The lowest BCUT2D eigenvalue weighted by atomic mass is 10.2. The van der Waals surface area contributed by atoms with Gasteiger partial charge in [-0.25, -0.2) is 18.2 Å². The molecule has 31 heavy (non-hydrogen) atoms. The molecule has 8 nitrogen and oxygen atoms in total. The molecule has 3 heterocycles. The number of aromatic nitrogens is 2. The maximum atomic E-state index is 12.9. The van der Waals surface area contributed by atoms with Gasteiger partial charge < -0.3 is 13.9 Å². The second-order valence-electron chi connectivity index (χ2n) is 7.88. The van der Waals surface area contributed by atoms with Crippen molar-refractivity contribution in [2.45, 2.75) is 44.5 Å². The van der Waals surface area contributed by atoms with Gasteiger partial charge in [0.15, 0.2) is 0 Å². The predicted molar refractivity (Wildman–Crippen MR) is 114 cm³/mol. The van der Waals surface area contributed by atoms with Crippen LogP contribution >= 0.6 is 0 Å². The largest absolute Gasteiger partial charge is 0.456 e. The van der Waals surface area contributed by atoms with Crippen LogP contribution in [0.5, 0.6) is 0 Å². The summed E-state index contributed by atoms with van der Waals surface area (Å²) in [5.41, 5.74) is 2.79. The zero-order valence-electron chi connectivity index (χ0n) is 17.7.